The molecular weight excluding hydrogens is 324 g/mol. The second-order valence-electron chi connectivity index (χ2n) is 11.1. The van der Waals surface area contributed by atoms with Crippen molar-refractivity contribution in [1.82, 2.24) is 0 Å². The number of rotatable bonds is 7. The first-order valence-corrected chi connectivity index (χ1v) is 12.7. The lowest BCUT2D eigenvalue weighted by Crippen LogP contribution is -2.39. The monoisotopic (exact) mass is 372 g/mol. The summed E-state index contributed by atoms with van der Waals surface area (Å²) in [6.07, 6.45) is 24.4. The number of hydrogen-bond acceptors (Lipinski definition) is 0. The molecule has 8 atom stereocenters. The van der Waals surface area contributed by atoms with E-state index in [9.17, 15) is 0 Å². The number of hydrogen-bond donors (Lipinski definition) is 0. The van der Waals surface area contributed by atoms with Gasteiger partial charge in [0.2, 0.25) is 0 Å². The Hall–Kier alpha value is -0.260. The normalized spacial score (nSPS) is 39.0. The van der Waals surface area contributed by atoms with Crippen LogP contribution in [-0.2, 0) is 0 Å². The van der Waals surface area contributed by atoms with E-state index in [1.165, 1.54) is 83.5 Å². The van der Waals surface area contributed by atoms with Gasteiger partial charge in [0.1, 0.15) is 0 Å². The highest BCUT2D eigenvalue weighted by molar-refractivity contribution is 5.01. The summed E-state index contributed by atoms with van der Waals surface area (Å²) in [6.45, 7) is 10.0. The molecule has 0 heteroatoms. The van der Waals surface area contributed by atoms with Gasteiger partial charge in [0.25, 0.3) is 0 Å². The van der Waals surface area contributed by atoms with Gasteiger partial charge in [-0.1, -0.05) is 78.4 Å². The highest BCUT2D eigenvalue weighted by Gasteiger charge is 2.42. The van der Waals surface area contributed by atoms with Gasteiger partial charge in [-0.05, 0) is 92.3 Å². The van der Waals surface area contributed by atoms with Gasteiger partial charge >= 0.3 is 0 Å². The van der Waals surface area contributed by atoms with Gasteiger partial charge in [0.15, 0.2) is 0 Å². The van der Waals surface area contributed by atoms with E-state index in [4.69, 9.17) is 0 Å². The molecule has 0 nitrogen and oxygen atoms in total. The first-order valence-electron chi connectivity index (χ1n) is 12.7. The molecular formula is C27H48. The van der Waals surface area contributed by atoms with Crippen LogP contribution in [0.15, 0.2) is 12.2 Å². The van der Waals surface area contributed by atoms with E-state index in [0.29, 0.717) is 0 Å². The first kappa shape index (κ1) is 21.4. The van der Waals surface area contributed by atoms with Gasteiger partial charge in [0.05, 0.1) is 0 Å². The fourth-order valence-electron chi connectivity index (χ4n) is 7.26. The topological polar surface area (TPSA) is 0 Å². The average molecular weight is 373 g/mol. The molecule has 0 amide bonds. The summed E-state index contributed by atoms with van der Waals surface area (Å²) in [6, 6.07) is 0. The lowest BCUT2D eigenvalue weighted by molar-refractivity contribution is 0.0339. The van der Waals surface area contributed by atoms with Crippen LogP contribution in [0.4, 0.5) is 0 Å². The van der Waals surface area contributed by atoms with Gasteiger partial charge in [0, 0.05) is 0 Å². The molecule has 2 saturated carbocycles. The molecule has 0 aromatic rings. The SMILES string of the molecule is CCCCCC(C)CC(C)C1CCC2CCC=CC(C2)C2CC(C)CCC12. The van der Waals surface area contributed by atoms with E-state index < -0.39 is 0 Å². The molecule has 0 N–H and O–H groups in total. The van der Waals surface area contributed by atoms with Crippen molar-refractivity contribution in [3.63, 3.8) is 0 Å². The Labute approximate surface area is 171 Å². The minimum absolute atomic E-state index is 0.905. The summed E-state index contributed by atoms with van der Waals surface area (Å²) in [7, 11) is 0. The average Bonchev–Trinajstić information content (AvgIpc) is 2.88. The van der Waals surface area contributed by atoms with Crippen LogP contribution in [0, 0.1) is 47.3 Å². The van der Waals surface area contributed by atoms with Crippen LogP contribution in [-0.4, -0.2) is 0 Å². The Bertz CT molecular complexity index is 449. The van der Waals surface area contributed by atoms with Crippen LogP contribution in [0.1, 0.15) is 111 Å². The van der Waals surface area contributed by atoms with Crippen LogP contribution in [0.3, 0.4) is 0 Å². The van der Waals surface area contributed by atoms with Gasteiger partial charge < -0.3 is 0 Å². The predicted octanol–water partition coefficient (Wildman–Crippen LogP) is 8.66. The largest absolute Gasteiger partial charge is 0.0882 e. The quantitative estimate of drug-likeness (QED) is 0.310. The summed E-state index contributed by atoms with van der Waals surface area (Å²) in [5.41, 5.74) is 0. The number of fused-ring (bicyclic) bond motifs is 4. The number of unbranched alkanes of at least 4 members (excludes halogenated alkanes) is 2. The Morgan fingerprint density at radius 2 is 1.78 bits per heavy atom. The molecule has 27 heavy (non-hydrogen) atoms. The smallest absolute Gasteiger partial charge is 0.0200 e. The first-order chi connectivity index (χ1) is 13.1. The lowest BCUT2D eigenvalue weighted by atomic mass is 9.58. The predicted molar refractivity (Wildman–Crippen MR) is 120 cm³/mol. The molecule has 3 aliphatic rings. The van der Waals surface area contributed by atoms with Gasteiger partial charge in [-0.2, -0.15) is 0 Å². The van der Waals surface area contributed by atoms with Crippen molar-refractivity contribution >= 4 is 0 Å². The van der Waals surface area contributed by atoms with Crippen LogP contribution in [0.25, 0.3) is 0 Å². The van der Waals surface area contributed by atoms with Crippen LogP contribution < -0.4 is 0 Å². The third-order valence-electron chi connectivity index (χ3n) is 8.76. The maximum atomic E-state index is 2.68. The standard InChI is InChI=1S/C27H48/c1-5-6-7-10-20(2)17-22(4)25-16-14-23-11-8-9-12-24(19-23)27-18-21(3)13-15-26(25)27/h9,12,20-27H,5-8,10-11,13-19H2,1-4H3. The molecule has 0 radical (unpaired) electrons. The van der Waals surface area contributed by atoms with Crippen molar-refractivity contribution in [1.29, 1.82) is 0 Å². The highest BCUT2D eigenvalue weighted by Crippen LogP contribution is 2.51. The summed E-state index contributed by atoms with van der Waals surface area (Å²) in [5.74, 6) is 7.77. The minimum Gasteiger partial charge on any atom is -0.0882 e. The molecule has 0 aromatic carbocycles. The maximum Gasteiger partial charge on any atom is -0.0200 e. The Morgan fingerprint density at radius 3 is 2.59 bits per heavy atom. The zero-order valence-electron chi connectivity index (χ0n) is 19.0. The summed E-state index contributed by atoms with van der Waals surface area (Å²) in [5, 5.41) is 0. The molecule has 2 bridgehead atoms. The molecule has 0 saturated heterocycles. The van der Waals surface area contributed by atoms with Crippen molar-refractivity contribution < 1.29 is 0 Å². The molecule has 3 aliphatic carbocycles. The van der Waals surface area contributed by atoms with Crippen molar-refractivity contribution in [2.75, 3.05) is 0 Å². The van der Waals surface area contributed by atoms with E-state index in [2.05, 4.69) is 39.8 Å². The summed E-state index contributed by atoms with van der Waals surface area (Å²) < 4.78 is 0. The summed E-state index contributed by atoms with van der Waals surface area (Å²) >= 11 is 0. The van der Waals surface area contributed by atoms with Crippen molar-refractivity contribution in [2.24, 2.45) is 47.3 Å². The zero-order chi connectivity index (χ0) is 19.2. The Balaban J connectivity index is 1.69. The fourth-order valence-corrected chi connectivity index (χ4v) is 7.26. The van der Waals surface area contributed by atoms with E-state index in [0.717, 1.165) is 47.3 Å². The molecule has 156 valence electrons. The second kappa shape index (κ2) is 10.5. The lowest BCUT2D eigenvalue weighted by Gasteiger charge is -2.47. The van der Waals surface area contributed by atoms with Crippen LogP contribution in [0.2, 0.25) is 0 Å². The van der Waals surface area contributed by atoms with Crippen LogP contribution >= 0.6 is 0 Å². The highest BCUT2D eigenvalue weighted by atomic mass is 14.5. The maximum absolute atomic E-state index is 2.68. The van der Waals surface area contributed by atoms with E-state index >= 15 is 0 Å². The molecule has 8 unspecified atom stereocenters. The van der Waals surface area contributed by atoms with Gasteiger partial charge in [-0.3, -0.25) is 0 Å². The molecule has 0 heterocycles. The van der Waals surface area contributed by atoms with Crippen molar-refractivity contribution in [3.05, 3.63) is 12.2 Å². The van der Waals surface area contributed by atoms with Crippen LogP contribution in [0.5, 0.6) is 0 Å². The molecule has 0 spiro atoms. The zero-order valence-corrected chi connectivity index (χ0v) is 19.0. The number of allylic oxidation sites excluding steroid dienone is 2. The minimum atomic E-state index is 0.905. The molecule has 3 rings (SSSR count). The molecule has 2 fully saturated rings. The van der Waals surface area contributed by atoms with Gasteiger partial charge in [-0.25, -0.2) is 0 Å². The third-order valence-corrected chi connectivity index (χ3v) is 8.76. The summed E-state index contributed by atoms with van der Waals surface area (Å²) in [4.78, 5) is 0. The third kappa shape index (κ3) is 5.86. The fraction of sp³-hybridized carbons (Fsp3) is 0.926. The van der Waals surface area contributed by atoms with Crippen molar-refractivity contribution in [2.45, 2.75) is 111 Å². The molecule has 0 aromatic heterocycles. The Morgan fingerprint density at radius 1 is 0.926 bits per heavy atom. The molecule has 0 aliphatic heterocycles. The van der Waals surface area contributed by atoms with E-state index in [1.807, 2.05) is 0 Å². The van der Waals surface area contributed by atoms with Crippen molar-refractivity contribution in [3.8, 4) is 0 Å². The van der Waals surface area contributed by atoms with Gasteiger partial charge in [-0.15, -0.1) is 0 Å². The van der Waals surface area contributed by atoms with E-state index in [1.54, 1.807) is 0 Å². The second-order valence-corrected chi connectivity index (χ2v) is 11.1. The van der Waals surface area contributed by atoms with E-state index in [-0.39, 0.29) is 0 Å². The Kier molecular flexibility index (Phi) is 8.34.